The van der Waals surface area contributed by atoms with Crippen molar-refractivity contribution in [2.75, 3.05) is 0 Å². The standard InChI is InChI=1S/C34H67NO3/c1-5-8-11-14-16-17-18-19-21-22-24-27-31(36)30-34(4,35)33(37)38-32(28-25-13-10-7-3)29-26-23-20-15-12-9-6-2/h32H,5-30,35H2,1-4H3. The molecule has 0 saturated heterocycles. The van der Waals surface area contributed by atoms with Gasteiger partial charge in [-0.2, -0.15) is 0 Å². The molecule has 2 atom stereocenters. The fourth-order valence-corrected chi connectivity index (χ4v) is 5.23. The summed E-state index contributed by atoms with van der Waals surface area (Å²) >= 11 is 0. The van der Waals surface area contributed by atoms with Crippen molar-refractivity contribution < 1.29 is 14.3 Å². The van der Waals surface area contributed by atoms with Crippen molar-refractivity contribution in [2.45, 2.75) is 206 Å². The zero-order valence-corrected chi connectivity index (χ0v) is 26.3. The molecule has 0 heterocycles. The van der Waals surface area contributed by atoms with Gasteiger partial charge in [0.2, 0.25) is 0 Å². The molecule has 0 spiro atoms. The first-order chi connectivity index (χ1) is 18.4. The highest BCUT2D eigenvalue weighted by Crippen LogP contribution is 2.20. The average molecular weight is 538 g/mol. The topological polar surface area (TPSA) is 69.4 Å². The Bertz CT molecular complexity index is 546. The maximum atomic E-state index is 13.0. The minimum Gasteiger partial charge on any atom is -0.461 e. The molecule has 0 aromatic rings. The Morgan fingerprint density at radius 1 is 0.579 bits per heavy atom. The molecule has 4 nitrogen and oxygen atoms in total. The van der Waals surface area contributed by atoms with E-state index in [1.54, 1.807) is 6.92 Å². The van der Waals surface area contributed by atoms with E-state index in [2.05, 4.69) is 20.8 Å². The van der Waals surface area contributed by atoms with Crippen LogP contribution in [0.1, 0.15) is 195 Å². The van der Waals surface area contributed by atoms with E-state index in [0.29, 0.717) is 6.42 Å². The number of esters is 1. The third-order valence-electron chi connectivity index (χ3n) is 7.87. The first kappa shape index (κ1) is 37.1. The van der Waals surface area contributed by atoms with E-state index in [0.717, 1.165) is 38.5 Å². The van der Waals surface area contributed by atoms with Gasteiger partial charge >= 0.3 is 5.97 Å². The highest BCUT2D eigenvalue weighted by Gasteiger charge is 2.34. The van der Waals surface area contributed by atoms with Gasteiger partial charge in [-0.3, -0.25) is 9.59 Å². The van der Waals surface area contributed by atoms with Gasteiger partial charge in [0.15, 0.2) is 0 Å². The molecule has 2 unspecified atom stereocenters. The largest absolute Gasteiger partial charge is 0.461 e. The highest BCUT2D eigenvalue weighted by atomic mass is 16.5. The molecule has 0 amide bonds. The molecule has 0 bridgehead atoms. The first-order valence-corrected chi connectivity index (χ1v) is 16.9. The second-order valence-electron chi connectivity index (χ2n) is 12.2. The van der Waals surface area contributed by atoms with E-state index in [9.17, 15) is 9.59 Å². The van der Waals surface area contributed by atoms with Crippen LogP contribution < -0.4 is 5.73 Å². The number of hydrogen-bond donors (Lipinski definition) is 1. The Balaban J connectivity index is 4.26. The van der Waals surface area contributed by atoms with Crippen LogP contribution >= 0.6 is 0 Å². The molecule has 226 valence electrons. The van der Waals surface area contributed by atoms with E-state index in [-0.39, 0.29) is 18.3 Å². The summed E-state index contributed by atoms with van der Waals surface area (Å²) in [7, 11) is 0. The normalized spacial score (nSPS) is 13.8. The van der Waals surface area contributed by atoms with E-state index >= 15 is 0 Å². The number of nitrogens with two attached hydrogens (primary N) is 1. The lowest BCUT2D eigenvalue weighted by Crippen LogP contribution is -2.49. The van der Waals surface area contributed by atoms with Gasteiger partial charge < -0.3 is 10.5 Å². The molecule has 0 aromatic heterocycles. The molecular weight excluding hydrogens is 470 g/mol. The van der Waals surface area contributed by atoms with Crippen LogP contribution in [0.25, 0.3) is 0 Å². The summed E-state index contributed by atoms with van der Waals surface area (Å²) in [6.07, 6.45) is 29.7. The molecule has 0 radical (unpaired) electrons. The van der Waals surface area contributed by atoms with Crippen molar-refractivity contribution in [3.8, 4) is 0 Å². The quantitative estimate of drug-likeness (QED) is 0.0761. The fraction of sp³-hybridized carbons (Fsp3) is 0.941. The second kappa shape index (κ2) is 26.3. The van der Waals surface area contributed by atoms with Gasteiger partial charge in [0.25, 0.3) is 0 Å². The molecule has 2 N–H and O–H groups in total. The molecule has 38 heavy (non-hydrogen) atoms. The summed E-state index contributed by atoms with van der Waals surface area (Å²) in [5.41, 5.74) is 5.12. The Morgan fingerprint density at radius 2 is 0.921 bits per heavy atom. The first-order valence-electron chi connectivity index (χ1n) is 16.9. The molecule has 0 rings (SSSR count). The minimum atomic E-state index is -1.23. The smallest absolute Gasteiger partial charge is 0.326 e. The Hall–Kier alpha value is -0.900. The van der Waals surface area contributed by atoms with Crippen LogP contribution in [0.3, 0.4) is 0 Å². The van der Waals surface area contributed by atoms with Crippen LogP contribution in [0.4, 0.5) is 0 Å². The van der Waals surface area contributed by atoms with Crippen molar-refractivity contribution in [1.82, 2.24) is 0 Å². The lowest BCUT2D eigenvalue weighted by Gasteiger charge is -2.26. The third kappa shape index (κ3) is 23.0. The molecule has 0 aliphatic rings. The average Bonchev–Trinajstić information content (AvgIpc) is 2.88. The molecule has 0 aliphatic carbocycles. The third-order valence-corrected chi connectivity index (χ3v) is 7.87. The van der Waals surface area contributed by atoms with Crippen LogP contribution in [-0.2, 0) is 14.3 Å². The summed E-state index contributed by atoms with van der Waals surface area (Å²) in [4.78, 5) is 25.6. The molecule has 4 heteroatoms. The molecule has 0 saturated carbocycles. The van der Waals surface area contributed by atoms with Gasteiger partial charge in [0.1, 0.15) is 17.4 Å². The number of Topliss-reactive ketones (excluding diaryl/α,β-unsaturated/α-hetero) is 1. The van der Waals surface area contributed by atoms with Crippen molar-refractivity contribution in [3.05, 3.63) is 0 Å². The fourth-order valence-electron chi connectivity index (χ4n) is 5.23. The molecule has 0 aromatic carbocycles. The van der Waals surface area contributed by atoms with Gasteiger partial charge in [0, 0.05) is 12.8 Å². The maximum Gasteiger partial charge on any atom is 0.326 e. The summed E-state index contributed by atoms with van der Waals surface area (Å²) in [6.45, 7) is 8.39. The minimum absolute atomic E-state index is 0.0698. The van der Waals surface area contributed by atoms with Gasteiger partial charge in [-0.25, -0.2) is 0 Å². The summed E-state index contributed by atoms with van der Waals surface area (Å²) < 4.78 is 5.94. The number of ether oxygens (including phenoxy) is 1. The van der Waals surface area contributed by atoms with Gasteiger partial charge in [-0.05, 0) is 39.0 Å². The number of hydrogen-bond acceptors (Lipinski definition) is 4. The van der Waals surface area contributed by atoms with E-state index in [4.69, 9.17) is 10.5 Å². The number of carbonyl (C=O) groups excluding carboxylic acids is 2. The molecular formula is C34H67NO3. The molecule has 0 aliphatic heterocycles. The Morgan fingerprint density at radius 3 is 1.34 bits per heavy atom. The zero-order valence-electron chi connectivity index (χ0n) is 26.3. The second-order valence-corrected chi connectivity index (χ2v) is 12.2. The Kier molecular flexibility index (Phi) is 25.7. The number of rotatable bonds is 29. The Labute approximate surface area is 238 Å². The summed E-state index contributed by atoms with van der Waals surface area (Å²) in [5.74, 6) is -0.303. The molecule has 0 fully saturated rings. The number of unbranched alkanes of at least 4 members (excludes halogenated alkanes) is 19. The van der Waals surface area contributed by atoms with Gasteiger partial charge in [0.05, 0.1) is 0 Å². The van der Waals surface area contributed by atoms with E-state index < -0.39 is 11.5 Å². The van der Waals surface area contributed by atoms with Crippen molar-refractivity contribution in [1.29, 1.82) is 0 Å². The van der Waals surface area contributed by atoms with Crippen LogP contribution in [0, 0.1) is 0 Å². The summed E-state index contributed by atoms with van der Waals surface area (Å²) in [5, 5.41) is 0. The van der Waals surface area contributed by atoms with Crippen molar-refractivity contribution >= 4 is 11.8 Å². The van der Waals surface area contributed by atoms with E-state index in [1.165, 1.54) is 116 Å². The predicted octanol–water partition coefficient (Wildman–Crippen LogP) is 10.4. The van der Waals surface area contributed by atoms with Gasteiger partial charge in [-0.15, -0.1) is 0 Å². The lowest BCUT2D eigenvalue weighted by molar-refractivity contribution is -0.157. The van der Waals surface area contributed by atoms with Gasteiger partial charge in [-0.1, -0.05) is 143 Å². The van der Waals surface area contributed by atoms with Crippen molar-refractivity contribution in [2.24, 2.45) is 5.73 Å². The predicted molar refractivity (Wildman–Crippen MR) is 165 cm³/mol. The number of carbonyl (C=O) groups is 2. The lowest BCUT2D eigenvalue weighted by atomic mass is 9.93. The van der Waals surface area contributed by atoms with Crippen LogP contribution in [0.15, 0.2) is 0 Å². The summed E-state index contributed by atoms with van der Waals surface area (Å²) in [6, 6.07) is 0. The van der Waals surface area contributed by atoms with Crippen LogP contribution in [0.2, 0.25) is 0 Å². The maximum absolute atomic E-state index is 13.0. The van der Waals surface area contributed by atoms with E-state index in [1.807, 2.05) is 0 Å². The van der Waals surface area contributed by atoms with Crippen LogP contribution in [0.5, 0.6) is 0 Å². The monoisotopic (exact) mass is 538 g/mol. The zero-order chi connectivity index (χ0) is 28.3. The number of ketones is 1. The SMILES string of the molecule is CCCCCCCCCCCCCC(=O)CC(C)(N)C(=O)OC(CCCCCC)CCCCCCCCC. The van der Waals surface area contributed by atoms with Crippen LogP contribution in [-0.4, -0.2) is 23.4 Å². The highest BCUT2D eigenvalue weighted by molar-refractivity contribution is 5.89. The van der Waals surface area contributed by atoms with Crippen molar-refractivity contribution in [3.63, 3.8) is 0 Å².